The summed E-state index contributed by atoms with van der Waals surface area (Å²) in [7, 11) is 0. The summed E-state index contributed by atoms with van der Waals surface area (Å²) in [5.74, 6) is 0.303. The number of fused-ring (bicyclic) bond motifs is 1. The Kier molecular flexibility index (Phi) is 5.62. The minimum absolute atomic E-state index is 0.0182. The molecule has 2 aromatic carbocycles. The zero-order valence-electron chi connectivity index (χ0n) is 16.6. The van der Waals surface area contributed by atoms with Crippen LogP contribution in [-0.4, -0.2) is 49.4 Å². The Hall–Kier alpha value is -2.40. The molecule has 0 radical (unpaired) electrons. The van der Waals surface area contributed by atoms with Crippen molar-refractivity contribution in [1.82, 2.24) is 10.2 Å². The van der Waals surface area contributed by atoms with Crippen molar-refractivity contribution in [1.29, 1.82) is 0 Å². The van der Waals surface area contributed by atoms with E-state index in [0.717, 1.165) is 36.1 Å². The van der Waals surface area contributed by atoms with E-state index in [1.807, 2.05) is 42.5 Å². The van der Waals surface area contributed by atoms with Crippen LogP contribution in [0.4, 0.5) is 5.69 Å². The number of carbonyl (C=O) groups excluding carboxylic acids is 2. The molecule has 2 fully saturated rings. The van der Waals surface area contributed by atoms with Gasteiger partial charge in [0.25, 0.3) is 0 Å². The van der Waals surface area contributed by atoms with E-state index in [0.29, 0.717) is 25.4 Å². The van der Waals surface area contributed by atoms with Gasteiger partial charge in [-0.05, 0) is 43.3 Å². The van der Waals surface area contributed by atoms with Gasteiger partial charge < -0.3 is 15.1 Å². The predicted octanol–water partition coefficient (Wildman–Crippen LogP) is 3.04. The van der Waals surface area contributed by atoms with Crippen LogP contribution >= 0.6 is 0 Å². The van der Waals surface area contributed by atoms with Crippen molar-refractivity contribution in [2.45, 2.75) is 26.2 Å². The molecule has 0 aliphatic carbocycles. The fourth-order valence-corrected chi connectivity index (χ4v) is 4.55. The molecule has 0 aromatic heterocycles. The quantitative estimate of drug-likeness (QED) is 0.869. The van der Waals surface area contributed by atoms with Gasteiger partial charge in [0.2, 0.25) is 11.8 Å². The van der Waals surface area contributed by atoms with Crippen LogP contribution in [0.5, 0.6) is 0 Å². The molecule has 2 aliphatic rings. The Balaban J connectivity index is 1.39. The van der Waals surface area contributed by atoms with Gasteiger partial charge in [-0.2, -0.15) is 0 Å². The van der Waals surface area contributed by atoms with Crippen LogP contribution in [0.1, 0.15) is 26.2 Å². The summed E-state index contributed by atoms with van der Waals surface area (Å²) < 4.78 is 0. The van der Waals surface area contributed by atoms with E-state index in [2.05, 4.69) is 17.1 Å². The maximum Gasteiger partial charge on any atom is 0.227 e. The van der Waals surface area contributed by atoms with E-state index in [1.54, 1.807) is 4.90 Å². The Bertz CT molecular complexity index is 861. The topological polar surface area (TPSA) is 52.7 Å². The molecule has 2 saturated heterocycles. The number of likely N-dealkylation sites (tertiary alicyclic amines) is 1. The Morgan fingerprint density at radius 2 is 1.96 bits per heavy atom. The van der Waals surface area contributed by atoms with Gasteiger partial charge in [-0.25, -0.2) is 0 Å². The van der Waals surface area contributed by atoms with Crippen molar-refractivity contribution in [2.75, 3.05) is 37.6 Å². The number of nitrogens with one attached hydrogen (secondary N) is 1. The lowest BCUT2D eigenvalue weighted by Crippen LogP contribution is -2.42. The second kappa shape index (κ2) is 8.31. The summed E-state index contributed by atoms with van der Waals surface area (Å²) in [6.07, 6.45) is 2.66. The predicted molar refractivity (Wildman–Crippen MR) is 112 cm³/mol. The molecular formula is C23H29N3O2. The molecule has 2 aliphatic heterocycles. The lowest BCUT2D eigenvalue weighted by molar-refractivity contribution is -0.126. The third-order valence-corrected chi connectivity index (χ3v) is 6.17. The van der Waals surface area contributed by atoms with Crippen LogP contribution in [0.25, 0.3) is 10.8 Å². The summed E-state index contributed by atoms with van der Waals surface area (Å²) in [4.78, 5) is 29.6. The molecule has 28 heavy (non-hydrogen) atoms. The van der Waals surface area contributed by atoms with E-state index in [1.165, 1.54) is 12.8 Å². The Morgan fingerprint density at radius 3 is 2.82 bits per heavy atom. The normalized spacial score (nSPS) is 23.3. The highest BCUT2D eigenvalue weighted by Crippen LogP contribution is 2.31. The molecule has 5 heteroatoms. The Morgan fingerprint density at radius 1 is 1.14 bits per heavy atom. The molecule has 0 spiro atoms. The van der Waals surface area contributed by atoms with Gasteiger partial charge in [0.05, 0.1) is 11.6 Å². The first-order valence-electron chi connectivity index (χ1n) is 10.4. The minimum atomic E-state index is -0.266. The SMILES string of the molecule is CCN1CCCC(CNC(=O)C2CC(=O)N(c3cccc4ccccc34)C2)C1. The van der Waals surface area contributed by atoms with Gasteiger partial charge in [-0.3, -0.25) is 9.59 Å². The smallest absolute Gasteiger partial charge is 0.227 e. The summed E-state index contributed by atoms with van der Waals surface area (Å²) in [5, 5.41) is 5.29. The van der Waals surface area contributed by atoms with Crippen molar-refractivity contribution in [3.8, 4) is 0 Å². The third-order valence-electron chi connectivity index (χ3n) is 6.17. The van der Waals surface area contributed by atoms with Gasteiger partial charge in [0, 0.05) is 31.4 Å². The highest BCUT2D eigenvalue weighted by atomic mass is 16.2. The van der Waals surface area contributed by atoms with Crippen LogP contribution in [0.3, 0.4) is 0 Å². The molecule has 4 rings (SSSR count). The lowest BCUT2D eigenvalue weighted by atomic mass is 9.97. The van der Waals surface area contributed by atoms with Crippen LogP contribution in [0.15, 0.2) is 42.5 Å². The highest BCUT2D eigenvalue weighted by molar-refractivity contribution is 6.06. The van der Waals surface area contributed by atoms with E-state index in [4.69, 9.17) is 0 Å². The number of carbonyl (C=O) groups is 2. The maximum absolute atomic E-state index is 12.7. The molecule has 148 valence electrons. The molecule has 2 aromatic rings. The van der Waals surface area contributed by atoms with Crippen molar-refractivity contribution in [3.05, 3.63) is 42.5 Å². The average Bonchev–Trinajstić information content (AvgIpc) is 3.13. The van der Waals surface area contributed by atoms with Crippen molar-refractivity contribution >= 4 is 28.3 Å². The first-order valence-corrected chi connectivity index (χ1v) is 10.4. The lowest BCUT2D eigenvalue weighted by Gasteiger charge is -2.32. The first-order chi connectivity index (χ1) is 13.7. The van der Waals surface area contributed by atoms with Crippen molar-refractivity contribution in [3.63, 3.8) is 0 Å². The van der Waals surface area contributed by atoms with Gasteiger partial charge >= 0.3 is 0 Å². The average molecular weight is 380 g/mol. The zero-order chi connectivity index (χ0) is 19.5. The van der Waals surface area contributed by atoms with Crippen molar-refractivity contribution < 1.29 is 9.59 Å². The largest absolute Gasteiger partial charge is 0.355 e. The number of hydrogen-bond acceptors (Lipinski definition) is 3. The highest BCUT2D eigenvalue weighted by Gasteiger charge is 2.35. The van der Waals surface area contributed by atoms with Gasteiger partial charge in [-0.1, -0.05) is 43.3 Å². The van der Waals surface area contributed by atoms with E-state index >= 15 is 0 Å². The van der Waals surface area contributed by atoms with Crippen LogP contribution in [0.2, 0.25) is 0 Å². The first kappa shape index (κ1) is 18.9. The number of piperidine rings is 1. The fourth-order valence-electron chi connectivity index (χ4n) is 4.55. The van der Waals surface area contributed by atoms with Crippen LogP contribution in [0, 0.1) is 11.8 Å². The third kappa shape index (κ3) is 3.90. The van der Waals surface area contributed by atoms with Crippen LogP contribution < -0.4 is 10.2 Å². The molecule has 2 unspecified atom stereocenters. The Labute approximate surface area is 166 Å². The minimum Gasteiger partial charge on any atom is -0.355 e. The van der Waals surface area contributed by atoms with Crippen molar-refractivity contribution in [2.24, 2.45) is 11.8 Å². The molecule has 0 saturated carbocycles. The fraction of sp³-hybridized carbons (Fsp3) is 0.478. The zero-order valence-corrected chi connectivity index (χ0v) is 16.6. The summed E-state index contributed by atoms with van der Waals surface area (Å²) in [5.41, 5.74) is 0.907. The summed E-state index contributed by atoms with van der Waals surface area (Å²) in [6, 6.07) is 14.1. The van der Waals surface area contributed by atoms with E-state index in [-0.39, 0.29) is 17.7 Å². The van der Waals surface area contributed by atoms with Gasteiger partial charge in [0.1, 0.15) is 0 Å². The number of rotatable bonds is 5. The van der Waals surface area contributed by atoms with Gasteiger partial charge in [0.15, 0.2) is 0 Å². The van der Waals surface area contributed by atoms with E-state index < -0.39 is 0 Å². The molecule has 0 bridgehead atoms. The molecule has 2 heterocycles. The molecule has 2 amide bonds. The standard InChI is InChI=1S/C23H29N3O2/c1-2-25-12-6-7-17(15-25)14-24-23(28)19-13-22(27)26(16-19)21-11-5-9-18-8-3-4-10-20(18)21/h3-5,8-11,17,19H,2,6-7,12-16H2,1H3,(H,24,28). The van der Waals surface area contributed by atoms with Gasteiger partial charge in [-0.15, -0.1) is 0 Å². The number of benzene rings is 2. The molecule has 2 atom stereocenters. The monoisotopic (exact) mass is 379 g/mol. The number of amides is 2. The molecule has 5 nitrogen and oxygen atoms in total. The second-order valence-electron chi connectivity index (χ2n) is 8.05. The second-order valence-corrected chi connectivity index (χ2v) is 8.05. The maximum atomic E-state index is 12.7. The summed E-state index contributed by atoms with van der Waals surface area (Å²) in [6.45, 7) is 6.66. The number of hydrogen-bond donors (Lipinski definition) is 1. The molecular weight excluding hydrogens is 350 g/mol. The van der Waals surface area contributed by atoms with E-state index in [9.17, 15) is 9.59 Å². The summed E-state index contributed by atoms with van der Waals surface area (Å²) >= 11 is 0. The molecule has 1 N–H and O–H groups in total. The number of anilines is 1. The number of nitrogens with zero attached hydrogens (tertiary/aromatic N) is 2. The van der Waals surface area contributed by atoms with Crippen LogP contribution in [-0.2, 0) is 9.59 Å².